The van der Waals surface area contributed by atoms with Crippen LogP contribution in [0.4, 0.5) is 0 Å². The van der Waals surface area contributed by atoms with Crippen molar-refractivity contribution in [2.24, 2.45) is 22.2 Å². The minimum Gasteiger partial charge on any atom is -0.508 e. The third-order valence-corrected chi connectivity index (χ3v) is 5.05. The number of aliphatic carboxylic acids is 2. The van der Waals surface area contributed by atoms with Gasteiger partial charge in [-0.3, -0.25) is 24.2 Å². The first kappa shape index (κ1) is 30.6. The van der Waals surface area contributed by atoms with E-state index in [4.69, 9.17) is 22.3 Å². The number of carboxylic acids is 2. The van der Waals surface area contributed by atoms with Gasteiger partial charge in [0.15, 0.2) is 5.96 Å². The second-order valence-electron chi connectivity index (χ2n) is 8.04. The van der Waals surface area contributed by atoms with E-state index in [1.165, 1.54) is 24.3 Å². The Morgan fingerprint density at radius 3 is 2.00 bits per heavy atom. The quantitative estimate of drug-likeness (QED) is 0.0613. The van der Waals surface area contributed by atoms with Crippen LogP contribution in [0.3, 0.4) is 0 Å². The fourth-order valence-electron chi connectivity index (χ4n) is 3.17. The lowest BCUT2D eigenvalue weighted by Crippen LogP contribution is -2.56. The van der Waals surface area contributed by atoms with Crippen molar-refractivity contribution < 1.29 is 39.3 Å². The van der Waals surface area contributed by atoms with Crippen molar-refractivity contribution in [1.29, 1.82) is 0 Å². The summed E-state index contributed by atoms with van der Waals surface area (Å²) in [4.78, 5) is 64.2. The van der Waals surface area contributed by atoms with Crippen LogP contribution in [0.1, 0.15) is 31.2 Å². The van der Waals surface area contributed by atoms with E-state index < -0.39 is 60.8 Å². The zero-order valence-corrected chi connectivity index (χ0v) is 20.1. The summed E-state index contributed by atoms with van der Waals surface area (Å²) in [6.45, 7) is -0.309. The smallest absolute Gasteiger partial charge is 0.326 e. The number of nitrogens with zero attached hydrogens (tertiary/aromatic N) is 1. The normalized spacial score (nSPS) is 12.9. The Morgan fingerprint density at radius 1 is 0.865 bits per heavy atom. The zero-order chi connectivity index (χ0) is 28.0. The Bertz CT molecular complexity index is 980. The van der Waals surface area contributed by atoms with Gasteiger partial charge in [0.2, 0.25) is 17.7 Å². The van der Waals surface area contributed by atoms with Gasteiger partial charge >= 0.3 is 11.9 Å². The number of phenolic OH excluding ortho intramolecular Hbond substituents is 1. The number of carbonyl (C=O) groups is 5. The number of nitrogens with two attached hydrogens (primary N) is 3. The molecule has 0 aliphatic rings. The molecule has 0 aromatic heterocycles. The number of hydrogen-bond acceptors (Lipinski definition) is 8. The molecule has 0 unspecified atom stereocenters. The molecule has 0 fully saturated rings. The summed E-state index contributed by atoms with van der Waals surface area (Å²) < 4.78 is 0. The van der Waals surface area contributed by atoms with Gasteiger partial charge in [-0.15, -0.1) is 0 Å². The molecule has 0 aliphatic heterocycles. The van der Waals surface area contributed by atoms with E-state index in [9.17, 15) is 34.2 Å². The van der Waals surface area contributed by atoms with Crippen LogP contribution >= 0.6 is 0 Å². The molecule has 1 aromatic carbocycles. The van der Waals surface area contributed by atoms with Crippen LogP contribution in [-0.4, -0.2) is 82.2 Å². The maximum Gasteiger partial charge on any atom is 0.326 e. The van der Waals surface area contributed by atoms with E-state index in [1.54, 1.807) is 0 Å². The summed E-state index contributed by atoms with van der Waals surface area (Å²) in [6, 6.07) is 1.81. The molecule has 12 N–H and O–H groups in total. The molecule has 0 saturated heterocycles. The highest BCUT2D eigenvalue weighted by molar-refractivity contribution is 5.94. The Kier molecular flexibility index (Phi) is 12.9. The maximum atomic E-state index is 13.1. The lowest BCUT2D eigenvalue weighted by molar-refractivity contribution is -0.142. The number of guanidine groups is 1. The molecule has 37 heavy (non-hydrogen) atoms. The van der Waals surface area contributed by atoms with Crippen LogP contribution in [-0.2, 0) is 30.4 Å². The standard InChI is InChI=1S/C22H33N7O8/c23-11-17(31)27-14(7-8-18(32)33)19(34)29-16(10-12-3-5-13(30)6-4-12)20(35)28-15(21(36)37)2-1-9-26-22(24)25/h3-6,14-16,30H,1-2,7-11,23H2,(H,27,31)(H,28,35)(H,29,34)(H,32,33)(H,36,37)(H4,24,25,26)/t14-,15-,16-/m0/s1. The minimum atomic E-state index is -1.32. The van der Waals surface area contributed by atoms with Crippen molar-refractivity contribution in [2.45, 2.75) is 50.2 Å². The second-order valence-corrected chi connectivity index (χ2v) is 8.04. The van der Waals surface area contributed by atoms with Crippen LogP contribution in [0.15, 0.2) is 29.3 Å². The van der Waals surface area contributed by atoms with Crippen LogP contribution < -0.4 is 33.2 Å². The third kappa shape index (κ3) is 12.2. The van der Waals surface area contributed by atoms with E-state index in [2.05, 4.69) is 20.9 Å². The van der Waals surface area contributed by atoms with Crippen molar-refractivity contribution in [2.75, 3.05) is 13.1 Å². The average Bonchev–Trinajstić information content (AvgIpc) is 2.83. The van der Waals surface area contributed by atoms with E-state index in [1.807, 2.05) is 0 Å². The minimum absolute atomic E-state index is 0.00841. The van der Waals surface area contributed by atoms with Gasteiger partial charge in [-0.05, 0) is 37.0 Å². The predicted molar refractivity (Wildman–Crippen MR) is 131 cm³/mol. The van der Waals surface area contributed by atoms with Gasteiger partial charge in [0.1, 0.15) is 23.9 Å². The van der Waals surface area contributed by atoms with Crippen molar-refractivity contribution in [3.05, 3.63) is 29.8 Å². The molecule has 0 spiro atoms. The molecule has 15 heteroatoms. The van der Waals surface area contributed by atoms with Crippen LogP contribution in [0.5, 0.6) is 5.75 Å². The van der Waals surface area contributed by atoms with E-state index >= 15 is 0 Å². The Labute approximate surface area is 212 Å². The number of amides is 3. The van der Waals surface area contributed by atoms with Crippen molar-refractivity contribution in [3.8, 4) is 5.75 Å². The summed E-state index contributed by atoms with van der Waals surface area (Å²) in [7, 11) is 0. The number of aromatic hydroxyl groups is 1. The number of benzene rings is 1. The number of carbonyl (C=O) groups excluding carboxylic acids is 3. The first-order chi connectivity index (χ1) is 17.4. The largest absolute Gasteiger partial charge is 0.508 e. The topological polar surface area (TPSA) is 273 Å². The summed E-state index contributed by atoms with van der Waals surface area (Å²) >= 11 is 0. The van der Waals surface area contributed by atoms with Gasteiger partial charge in [0.05, 0.1) is 6.54 Å². The first-order valence-electron chi connectivity index (χ1n) is 11.3. The first-order valence-corrected chi connectivity index (χ1v) is 11.3. The molecular weight excluding hydrogens is 490 g/mol. The highest BCUT2D eigenvalue weighted by Crippen LogP contribution is 2.12. The van der Waals surface area contributed by atoms with E-state index in [-0.39, 0.29) is 43.9 Å². The molecule has 1 aromatic rings. The number of aliphatic imine (C=N–C) groups is 1. The zero-order valence-electron chi connectivity index (χ0n) is 20.1. The van der Waals surface area contributed by atoms with Gasteiger partial charge in [-0.25, -0.2) is 4.79 Å². The predicted octanol–water partition coefficient (Wildman–Crippen LogP) is -2.65. The number of nitrogens with one attached hydrogen (secondary N) is 3. The van der Waals surface area contributed by atoms with Gasteiger partial charge < -0.3 is 48.5 Å². The highest BCUT2D eigenvalue weighted by Gasteiger charge is 2.30. The summed E-state index contributed by atoms with van der Waals surface area (Å²) in [5.41, 5.74) is 16.3. The van der Waals surface area contributed by atoms with Gasteiger partial charge in [-0.2, -0.15) is 0 Å². The molecule has 0 bridgehead atoms. The van der Waals surface area contributed by atoms with Crippen LogP contribution in [0.25, 0.3) is 0 Å². The van der Waals surface area contributed by atoms with Crippen molar-refractivity contribution >= 4 is 35.6 Å². The molecule has 0 radical (unpaired) electrons. The van der Waals surface area contributed by atoms with Gasteiger partial charge in [0.25, 0.3) is 0 Å². The summed E-state index contributed by atoms with van der Waals surface area (Å²) in [5, 5.41) is 35.1. The molecule has 3 amide bonds. The third-order valence-electron chi connectivity index (χ3n) is 5.05. The number of carboxylic acid groups (broad SMARTS) is 2. The second kappa shape index (κ2) is 15.6. The van der Waals surface area contributed by atoms with Crippen LogP contribution in [0.2, 0.25) is 0 Å². The number of rotatable bonds is 16. The molecule has 1 rings (SSSR count). The molecule has 204 valence electrons. The molecule has 0 heterocycles. The summed E-state index contributed by atoms with van der Waals surface area (Å²) in [6.07, 6.45) is -0.593. The van der Waals surface area contributed by atoms with Crippen LogP contribution in [0, 0.1) is 0 Å². The Hall–Kier alpha value is -4.40. The number of phenols is 1. The molecule has 0 aliphatic carbocycles. The van der Waals surface area contributed by atoms with Crippen molar-refractivity contribution in [1.82, 2.24) is 16.0 Å². The molecular formula is C22H33N7O8. The molecule has 3 atom stereocenters. The highest BCUT2D eigenvalue weighted by atomic mass is 16.4. The maximum absolute atomic E-state index is 13.1. The lowest BCUT2D eigenvalue weighted by Gasteiger charge is -2.24. The fourth-order valence-corrected chi connectivity index (χ4v) is 3.17. The monoisotopic (exact) mass is 523 g/mol. The molecule has 15 nitrogen and oxygen atoms in total. The lowest BCUT2D eigenvalue weighted by atomic mass is 10.0. The fraction of sp³-hybridized carbons (Fsp3) is 0.455. The Morgan fingerprint density at radius 2 is 1.46 bits per heavy atom. The SMILES string of the molecule is NCC(=O)N[C@@H](CCC(=O)O)C(=O)N[C@@H](Cc1ccc(O)cc1)C(=O)N[C@@H](CCCN=C(N)N)C(=O)O. The Balaban J connectivity index is 3.09. The summed E-state index contributed by atoms with van der Waals surface area (Å²) in [5.74, 6) is -5.12. The average molecular weight is 524 g/mol. The van der Waals surface area contributed by atoms with E-state index in [0.717, 1.165) is 0 Å². The molecule has 0 saturated carbocycles. The number of hydrogen-bond donors (Lipinski definition) is 9. The van der Waals surface area contributed by atoms with Gasteiger partial charge in [-0.1, -0.05) is 12.1 Å². The van der Waals surface area contributed by atoms with Crippen molar-refractivity contribution in [3.63, 3.8) is 0 Å². The van der Waals surface area contributed by atoms with Gasteiger partial charge in [0, 0.05) is 19.4 Å². The van der Waals surface area contributed by atoms with E-state index in [0.29, 0.717) is 5.56 Å².